The van der Waals surface area contributed by atoms with E-state index >= 15 is 0 Å². The lowest BCUT2D eigenvalue weighted by Crippen LogP contribution is -2.45. The molecular formula is C13H20N2O. The number of hydrogen-bond donors (Lipinski definition) is 1. The fraction of sp³-hybridized carbons (Fsp3) is 0.615. The Bertz CT molecular complexity index is 328. The number of aromatic nitrogens is 1. The summed E-state index contributed by atoms with van der Waals surface area (Å²) in [5.41, 5.74) is 1.10. The zero-order valence-electron chi connectivity index (χ0n) is 10.1. The third-order valence-electron chi connectivity index (χ3n) is 3.73. The molecule has 0 amide bonds. The van der Waals surface area contributed by atoms with E-state index in [0.29, 0.717) is 0 Å². The van der Waals surface area contributed by atoms with Crippen LogP contribution in [0.25, 0.3) is 0 Å². The zero-order valence-corrected chi connectivity index (χ0v) is 10.1. The summed E-state index contributed by atoms with van der Waals surface area (Å²) in [5.74, 6) is 0. The van der Waals surface area contributed by atoms with Crippen LogP contribution in [-0.2, 0) is 0 Å². The van der Waals surface area contributed by atoms with Gasteiger partial charge in [0.05, 0.1) is 18.3 Å². The fourth-order valence-corrected chi connectivity index (χ4v) is 2.81. The minimum atomic E-state index is 0.0256. The highest BCUT2D eigenvalue weighted by Crippen LogP contribution is 2.51. The van der Waals surface area contributed by atoms with Crippen molar-refractivity contribution in [3.05, 3.63) is 30.1 Å². The standard InChI is InChI=1S/C13H20N2O/c1-15(2)12(11-6-3-4-9-14-11)13(10-16)7-5-8-13/h3-4,6,9,12,16H,5,7-8,10H2,1-2H3. The molecule has 16 heavy (non-hydrogen) atoms. The first-order valence-corrected chi connectivity index (χ1v) is 5.88. The van der Waals surface area contributed by atoms with Crippen LogP contribution < -0.4 is 0 Å². The first-order valence-electron chi connectivity index (χ1n) is 5.88. The van der Waals surface area contributed by atoms with Gasteiger partial charge < -0.3 is 10.0 Å². The van der Waals surface area contributed by atoms with E-state index in [2.05, 4.69) is 30.0 Å². The van der Waals surface area contributed by atoms with Crippen molar-refractivity contribution in [2.75, 3.05) is 20.7 Å². The Morgan fingerprint density at radius 2 is 2.19 bits per heavy atom. The number of rotatable bonds is 4. The third kappa shape index (κ3) is 1.85. The highest BCUT2D eigenvalue weighted by atomic mass is 16.3. The van der Waals surface area contributed by atoms with E-state index in [1.807, 2.05) is 18.3 Å². The van der Waals surface area contributed by atoms with Crippen LogP contribution in [0.5, 0.6) is 0 Å². The summed E-state index contributed by atoms with van der Waals surface area (Å²) in [7, 11) is 4.13. The summed E-state index contributed by atoms with van der Waals surface area (Å²) >= 11 is 0. The van der Waals surface area contributed by atoms with Crippen molar-refractivity contribution in [2.45, 2.75) is 25.3 Å². The molecule has 0 aromatic carbocycles. The molecule has 0 saturated heterocycles. The van der Waals surface area contributed by atoms with E-state index < -0.39 is 0 Å². The van der Waals surface area contributed by atoms with Crippen molar-refractivity contribution in [2.24, 2.45) is 5.41 Å². The van der Waals surface area contributed by atoms with Crippen LogP contribution in [0, 0.1) is 5.41 Å². The second kappa shape index (κ2) is 4.52. The van der Waals surface area contributed by atoms with E-state index in [9.17, 15) is 5.11 Å². The van der Waals surface area contributed by atoms with Crippen LogP contribution in [0.3, 0.4) is 0 Å². The number of pyridine rings is 1. The van der Waals surface area contributed by atoms with Gasteiger partial charge in [-0.05, 0) is 39.1 Å². The van der Waals surface area contributed by atoms with Gasteiger partial charge in [-0.3, -0.25) is 4.98 Å². The van der Waals surface area contributed by atoms with Crippen molar-refractivity contribution in [3.8, 4) is 0 Å². The molecule has 1 aliphatic carbocycles. The van der Waals surface area contributed by atoms with Crippen molar-refractivity contribution in [1.82, 2.24) is 9.88 Å². The van der Waals surface area contributed by atoms with E-state index in [1.165, 1.54) is 6.42 Å². The highest BCUT2D eigenvalue weighted by molar-refractivity contribution is 5.15. The third-order valence-corrected chi connectivity index (χ3v) is 3.73. The number of hydrogen-bond acceptors (Lipinski definition) is 3. The Balaban J connectivity index is 2.31. The molecule has 1 unspecified atom stereocenters. The maximum Gasteiger partial charge on any atom is 0.0594 e. The molecule has 2 rings (SSSR count). The molecule has 1 saturated carbocycles. The Labute approximate surface area is 97.1 Å². The van der Waals surface area contributed by atoms with Crippen LogP contribution in [-0.4, -0.2) is 35.7 Å². The molecule has 1 N–H and O–H groups in total. The zero-order chi connectivity index (χ0) is 11.6. The minimum absolute atomic E-state index is 0.0256. The topological polar surface area (TPSA) is 36.4 Å². The molecule has 0 bridgehead atoms. The lowest BCUT2D eigenvalue weighted by atomic mass is 9.63. The van der Waals surface area contributed by atoms with Gasteiger partial charge in [0.1, 0.15) is 0 Å². The fourth-order valence-electron chi connectivity index (χ4n) is 2.81. The molecule has 3 nitrogen and oxygen atoms in total. The Morgan fingerprint density at radius 1 is 1.44 bits per heavy atom. The number of aliphatic hydroxyl groups is 1. The molecule has 1 atom stereocenters. The van der Waals surface area contributed by atoms with Gasteiger partial charge in [-0.25, -0.2) is 0 Å². The van der Waals surface area contributed by atoms with Crippen LogP contribution in [0.4, 0.5) is 0 Å². The van der Waals surface area contributed by atoms with Gasteiger partial charge in [0.25, 0.3) is 0 Å². The van der Waals surface area contributed by atoms with Gasteiger partial charge >= 0.3 is 0 Å². The minimum Gasteiger partial charge on any atom is -0.396 e. The van der Waals surface area contributed by atoms with E-state index in [-0.39, 0.29) is 18.1 Å². The Hall–Kier alpha value is -0.930. The second-order valence-electron chi connectivity index (χ2n) is 4.99. The van der Waals surface area contributed by atoms with Gasteiger partial charge in [-0.2, -0.15) is 0 Å². The maximum atomic E-state index is 9.66. The predicted molar refractivity (Wildman–Crippen MR) is 64.0 cm³/mol. The summed E-state index contributed by atoms with van der Waals surface area (Å²) in [6.07, 6.45) is 5.25. The molecule has 1 aliphatic rings. The highest BCUT2D eigenvalue weighted by Gasteiger charge is 2.45. The summed E-state index contributed by atoms with van der Waals surface area (Å²) in [4.78, 5) is 6.62. The van der Waals surface area contributed by atoms with Crippen molar-refractivity contribution in [1.29, 1.82) is 0 Å². The molecule has 0 radical (unpaired) electrons. The summed E-state index contributed by atoms with van der Waals surface area (Å²) < 4.78 is 0. The van der Waals surface area contributed by atoms with Crippen LogP contribution in [0.1, 0.15) is 31.0 Å². The normalized spacial score (nSPS) is 20.5. The smallest absolute Gasteiger partial charge is 0.0594 e. The SMILES string of the molecule is CN(C)C(c1ccccn1)C1(CO)CCC1. The van der Waals surface area contributed by atoms with Gasteiger partial charge in [-0.15, -0.1) is 0 Å². The van der Waals surface area contributed by atoms with Gasteiger partial charge in [0.15, 0.2) is 0 Å². The molecule has 3 heteroatoms. The van der Waals surface area contributed by atoms with Gasteiger partial charge in [-0.1, -0.05) is 12.5 Å². The molecule has 0 spiro atoms. The summed E-state index contributed by atoms with van der Waals surface area (Å²) in [6, 6.07) is 6.23. The molecule has 1 aromatic rings. The average molecular weight is 220 g/mol. The lowest BCUT2D eigenvalue weighted by molar-refractivity contribution is -0.0325. The van der Waals surface area contributed by atoms with Crippen molar-refractivity contribution < 1.29 is 5.11 Å². The molecular weight excluding hydrogens is 200 g/mol. The number of aliphatic hydroxyl groups excluding tert-OH is 1. The first kappa shape index (κ1) is 11.6. The average Bonchev–Trinajstić information content (AvgIpc) is 2.24. The van der Waals surface area contributed by atoms with E-state index in [1.54, 1.807) is 0 Å². The summed E-state index contributed by atoms with van der Waals surface area (Å²) in [6.45, 7) is 0.256. The van der Waals surface area contributed by atoms with E-state index in [0.717, 1.165) is 18.5 Å². The first-order chi connectivity index (χ1) is 7.69. The molecule has 1 heterocycles. The van der Waals surface area contributed by atoms with Crippen LogP contribution in [0.15, 0.2) is 24.4 Å². The molecule has 88 valence electrons. The molecule has 1 aromatic heterocycles. The van der Waals surface area contributed by atoms with Crippen molar-refractivity contribution >= 4 is 0 Å². The predicted octanol–water partition coefficient (Wildman–Crippen LogP) is 1.85. The van der Waals surface area contributed by atoms with Crippen molar-refractivity contribution in [3.63, 3.8) is 0 Å². The second-order valence-corrected chi connectivity index (χ2v) is 4.99. The van der Waals surface area contributed by atoms with Gasteiger partial charge in [0, 0.05) is 11.6 Å². The number of nitrogens with zero attached hydrogens (tertiary/aromatic N) is 2. The summed E-state index contributed by atoms with van der Waals surface area (Å²) in [5, 5.41) is 9.66. The van der Waals surface area contributed by atoms with E-state index in [4.69, 9.17) is 0 Å². The maximum absolute atomic E-state index is 9.66. The van der Waals surface area contributed by atoms with Crippen LogP contribution in [0.2, 0.25) is 0 Å². The molecule has 1 fully saturated rings. The monoisotopic (exact) mass is 220 g/mol. The lowest BCUT2D eigenvalue weighted by Gasteiger charge is -2.48. The largest absolute Gasteiger partial charge is 0.396 e. The van der Waals surface area contributed by atoms with Crippen LogP contribution >= 0.6 is 0 Å². The van der Waals surface area contributed by atoms with Gasteiger partial charge in [0.2, 0.25) is 0 Å². The molecule has 0 aliphatic heterocycles. The Morgan fingerprint density at radius 3 is 2.56 bits per heavy atom. The quantitative estimate of drug-likeness (QED) is 0.841. The Kier molecular flexibility index (Phi) is 3.26.